The molecule has 114 valence electrons. The molecule has 0 unspecified atom stereocenters. The number of hydrogen-bond acceptors (Lipinski definition) is 3. The molecule has 0 saturated heterocycles. The van der Waals surface area contributed by atoms with Crippen molar-refractivity contribution in [1.82, 2.24) is 10.2 Å². The quantitative estimate of drug-likeness (QED) is 0.698. The Labute approximate surface area is 136 Å². The van der Waals surface area contributed by atoms with Gasteiger partial charge < -0.3 is 10.2 Å². The van der Waals surface area contributed by atoms with E-state index >= 15 is 0 Å². The Balaban J connectivity index is 1.88. The molecule has 0 amide bonds. The predicted molar refractivity (Wildman–Crippen MR) is 92.4 cm³/mol. The van der Waals surface area contributed by atoms with Crippen LogP contribution in [0.4, 0.5) is 0 Å². The molecule has 1 aliphatic rings. The molecule has 1 heterocycles. The van der Waals surface area contributed by atoms with Crippen LogP contribution in [-0.2, 0) is 6.54 Å². The maximum absolute atomic E-state index is 3.74. The summed E-state index contributed by atoms with van der Waals surface area (Å²) >= 11 is 5.32. The topological polar surface area (TPSA) is 15.3 Å². The molecule has 0 atom stereocenters. The molecule has 2 rings (SSSR count). The number of thiophene rings is 1. The highest BCUT2D eigenvalue weighted by Crippen LogP contribution is 2.30. The Morgan fingerprint density at radius 1 is 1.40 bits per heavy atom. The van der Waals surface area contributed by atoms with E-state index in [0.29, 0.717) is 5.41 Å². The van der Waals surface area contributed by atoms with Crippen molar-refractivity contribution in [3.63, 3.8) is 0 Å². The van der Waals surface area contributed by atoms with Crippen molar-refractivity contribution < 1.29 is 0 Å². The van der Waals surface area contributed by atoms with Crippen LogP contribution >= 0.6 is 27.3 Å². The maximum atomic E-state index is 3.74. The first-order valence-electron chi connectivity index (χ1n) is 7.72. The summed E-state index contributed by atoms with van der Waals surface area (Å²) in [5, 5.41) is 5.99. The number of rotatable bonds is 9. The number of hydrogen-bond donors (Lipinski definition) is 1. The second-order valence-corrected chi connectivity index (χ2v) is 8.58. The lowest BCUT2D eigenvalue weighted by Crippen LogP contribution is -2.42. The maximum Gasteiger partial charge on any atom is 0.0701 e. The van der Waals surface area contributed by atoms with E-state index in [2.05, 4.69) is 58.5 Å². The van der Waals surface area contributed by atoms with Crippen LogP contribution in [0.1, 0.15) is 45.1 Å². The molecule has 0 aromatic carbocycles. The molecule has 4 heteroatoms. The van der Waals surface area contributed by atoms with Crippen molar-refractivity contribution in [3.05, 3.63) is 20.8 Å². The number of halogens is 1. The van der Waals surface area contributed by atoms with Crippen LogP contribution in [0.5, 0.6) is 0 Å². The van der Waals surface area contributed by atoms with Crippen LogP contribution in [0.25, 0.3) is 0 Å². The van der Waals surface area contributed by atoms with Crippen molar-refractivity contribution in [1.29, 1.82) is 0 Å². The summed E-state index contributed by atoms with van der Waals surface area (Å²) in [6.45, 7) is 8.07. The number of nitrogens with zero attached hydrogens (tertiary/aromatic N) is 1. The molecule has 1 fully saturated rings. The molecule has 0 radical (unpaired) electrons. The van der Waals surface area contributed by atoms with Crippen LogP contribution in [0, 0.1) is 5.41 Å². The van der Waals surface area contributed by atoms with Crippen LogP contribution in [0.3, 0.4) is 0 Å². The average Bonchev–Trinajstić information content (AvgIpc) is 3.18. The van der Waals surface area contributed by atoms with Gasteiger partial charge in [0.05, 0.1) is 3.79 Å². The van der Waals surface area contributed by atoms with Gasteiger partial charge in [-0.3, -0.25) is 0 Å². The van der Waals surface area contributed by atoms with Crippen LogP contribution < -0.4 is 5.32 Å². The van der Waals surface area contributed by atoms with E-state index in [9.17, 15) is 0 Å². The van der Waals surface area contributed by atoms with Crippen LogP contribution in [0.2, 0.25) is 0 Å². The van der Waals surface area contributed by atoms with Gasteiger partial charge in [0.1, 0.15) is 0 Å². The fraction of sp³-hybridized carbons (Fsp3) is 0.750. The van der Waals surface area contributed by atoms with Gasteiger partial charge in [0.25, 0.3) is 0 Å². The van der Waals surface area contributed by atoms with Crippen LogP contribution in [0.15, 0.2) is 15.2 Å². The highest BCUT2D eigenvalue weighted by atomic mass is 79.9. The molecule has 20 heavy (non-hydrogen) atoms. The van der Waals surface area contributed by atoms with Gasteiger partial charge in [-0.1, -0.05) is 13.8 Å². The highest BCUT2D eigenvalue weighted by molar-refractivity contribution is 9.11. The molecule has 1 aromatic heterocycles. The summed E-state index contributed by atoms with van der Waals surface area (Å²) in [5.41, 5.74) is 1.84. The lowest BCUT2D eigenvalue weighted by Gasteiger charge is -2.36. The lowest BCUT2D eigenvalue weighted by molar-refractivity contribution is 0.150. The van der Waals surface area contributed by atoms with E-state index in [1.54, 1.807) is 11.3 Å². The molecule has 1 saturated carbocycles. The van der Waals surface area contributed by atoms with Gasteiger partial charge in [0.15, 0.2) is 0 Å². The minimum absolute atomic E-state index is 0.421. The third kappa shape index (κ3) is 4.83. The molecule has 0 bridgehead atoms. The van der Waals surface area contributed by atoms with Gasteiger partial charge in [-0.15, -0.1) is 11.3 Å². The standard InChI is InChI=1S/C16H27BrN2S/c1-4-16(5-2,11-18-14-6-7-14)12-19(3)9-13-8-15(17)20-10-13/h8,10,14,18H,4-7,9,11-12H2,1-3H3. The molecule has 0 spiro atoms. The Kier molecular flexibility index (Phi) is 6.09. The molecule has 0 aliphatic heterocycles. The van der Waals surface area contributed by atoms with Gasteiger partial charge in [0.2, 0.25) is 0 Å². The lowest BCUT2D eigenvalue weighted by atomic mass is 9.81. The van der Waals surface area contributed by atoms with Crippen molar-refractivity contribution in [2.75, 3.05) is 20.1 Å². The minimum atomic E-state index is 0.421. The molecular formula is C16H27BrN2S. The summed E-state index contributed by atoms with van der Waals surface area (Å²) in [7, 11) is 2.25. The third-order valence-electron chi connectivity index (χ3n) is 4.52. The third-order valence-corrected chi connectivity index (χ3v) is 6.08. The van der Waals surface area contributed by atoms with E-state index in [4.69, 9.17) is 0 Å². The monoisotopic (exact) mass is 358 g/mol. The van der Waals surface area contributed by atoms with Crippen molar-refractivity contribution in [2.45, 2.75) is 52.1 Å². The van der Waals surface area contributed by atoms with E-state index < -0.39 is 0 Å². The van der Waals surface area contributed by atoms with Crippen molar-refractivity contribution >= 4 is 27.3 Å². The molecule has 2 nitrogen and oxygen atoms in total. The fourth-order valence-corrected chi connectivity index (χ4v) is 4.00. The zero-order valence-electron chi connectivity index (χ0n) is 12.9. The summed E-state index contributed by atoms with van der Waals surface area (Å²) in [5.74, 6) is 0. The average molecular weight is 359 g/mol. The van der Waals surface area contributed by atoms with E-state index in [1.165, 1.54) is 48.1 Å². The van der Waals surface area contributed by atoms with E-state index in [0.717, 1.165) is 12.6 Å². The first-order valence-corrected chi connectivity index (χ1v) is 9.39. The predicted octanol–water partition coefficient (Wildman–Crippen LogP) is 4.50. The van der Waals surface area contributed by atoms with E-state index in [-0.39, 0.29) is 0 Å². The van der Waals surface area contributed by atoms with E-state index in [1.807, 2.05) is 0 Å². The first kappa shape index (κ1) is 16.5. The van der Waals surface area contributed by atoms with Crippen molar-refractivity contribution in [2.24, 2.45) is 5.41 Å². The zero-order chi connectivity index (χ0) is 14.6. The number of nitrogens with one attached hydrogen (secondary N) is 1. The van der Waals surface area contributed by atoms with Gasteiger partial charge in [0, 0.05) is 25.7 Å². The largest absolute Gasteiger partial charge is 0.313 e. The Morgan fingerprint density at radius 2 is 2.10 bits per heavy atom. The second-order valence-electron chi connectivity index (χ2n) is 6.29. The zero-order valence-corrected chi connectivity index (χ0v) is 15.3. The summed E-state index contributed by atoms with van der Waals surface area (Å²) in [6, 6.07) is 3.05. The Bertz CT molecular complexity index is 410. The van der Waals surface area contributed by atoms with Crippen LogP contribution in [-0.4, -0.2) is 31.1 Å². The Hall–Kier alpha value is 0.100. The first-order chi connectivity index (χ1) is 9.57. The highest BCUT2D eigenvalue weighted by Gasteiger charge is 2.30. The second kappa shape index (κ2) is 7.39. The van der Waals surface area contributed by atoms with Gasteiger partial charge in [-0.2, -0.15) is 0 Å². The molecular weight excluding hydrogens is 332 g/mol. The van der Waals surface area contributed by atoms with Gasteiger partial charge in [-0.25, -0.2) is 0 Å². The molecule has 1 N–H and O–H groups in total. The summed E-state index contributed by atoms with van der Waals surface area (Å²) in [4.78, 5) is 2.48. The summed E-state index contributed by atoms with van der Waals surface area (Å²) in [6.07, 6.45) is 5.26. The van der Waals surface area contributed by atoms with Crippen molar-refractivity contribution in [3.8, 4) is 0 Å². The molecule has 1 aliphatic carbocycles. The normalized spacial score (nSPS) is 16.1. The fourth-order valence-electron chi connectivity index (χ4n) is 2.80. The smallest absolute Gasteiger partial charge is 0.0701 e. The molecule has 1 aromatic rings. The van der Waals surface area contributed by atoms with Gasteiger partial charge >= 0.3 is 0 Å². The van der Waals surface area contributed by atoms with Gasteiger partial charge in [-0.05, 0) is 71.1 Å². The SMILES string of the molecule is CCC(CC)(CNC1CC1)CN(C)Cc1csc(Br)c1. The minimum Gasteiger partial charge on any atom is -0.313 e. The summed E-state index contributed by atoms with van der Waals surface area (Å²) < 4.78 is 1.23. The Morgan fingerprint density at radius 3 is 2.60 bits per heavy atom.